The lowest BCUT2D eigenvalue weighted by atomic mass is 10.1. The van der Waals surface area contributed by atoms with Gasteiger partial charge in [-0.3, -0.25) is 4.79 Å². The van der Waals surface area contributed by atoms with E-state index < -0.39 is 5.91 Å². The first-order valence-electron chi connectivity index (χ1n) is 6.36. The minimum Gasteiger partial charge on any atom is -0.390 e. The fraction of sp³-hybridized carbons (Fsp3) is 0.333. The lowest BCUT2D eigenvalue weighted by Gasteiger charge is -2.08. The van der Waals surface area contributed by atoms with Crippen molar-refractivity contribution >= 4 is 23.2 Å². The average Bonchev–Trinajstić information content (AvgIpc) is 2.42. The van der Waals surface area contributed by atoms with Crippen LogP contribution in [0.25, 0.3) is 0 Å². The first-order valence-corrected chi connectivity index (χ1v) is 6.90. The Hall–Kier alpha value is -1.99. The summed E-state index contributed by atoms with van der Waals surface area (Å²) in [7, 11) is 0. The average molecular weight is 292 g/mol. The number of rotatable bonds is 6. The third kappa shape index (κ3) is 4.94. The Morgan fingerprint density at radius 2 is 2.20 bits per heavy atom. The van der Waals surface area contributed by atoms with Gasteiger partial charge in [0.15, 0.2) is 0 Å². The fourth-order valence-corrected chi connectivity index (χ4v) is 1.77. The Kier molecular flexibility index (Phi) is 6.61. The summed E-state index contributed by atoms with van der Waals surface area (Å²) < 4.78 is 0. The van der Waals surface area contributed by atoms with Crippen LogP contribution in [0.5, 0.6) is 0 Å². The molecule has 5 heteroatoms. The van der Waals surface area contributed by atoms with Gasteiger partial charge < -0.3 is 10.6 Å². The monoisotopic (exact) mass is 291 g/mol. The molecule has 0 saturated carbocycles. The number of carbonyl (C=O) groups excluding carboxylic acids is 1. The molecule has 0 fully saturated rings. The highest BCUT2D eigenvalue weighted by Gasteiger charge is 2.10. The number of alkyl halides is 1. The first-order chi connectivity index (χ1) is 9.58. The van der Waals surface area contributed by atoms with E-state index in [0.717, 1.165) is 17.5 Å². The van der Waals surface area contributed by atoms with Crippen molar-refractivity contribution in [2.45, 2.75) is 20.3 Å². The van der Waals surface area contributed by atoms with Gasteiger partial charge in [-0.1, -0.05) is 17.7 Å². The standard InChI is InChI=1S/C15H18ClN3O/c1-11-4-5-14(12(2)8-11)19-15(20)13(9-17)10-18-7-3-6-16/h4-5,8,10,18H,3,6-7H2,1-2H3,(H,19,20)/b13-10-. The van der Waals surface area contributed by atoms with Gasteiger partial charge in [0.2, 0.25) is 0 Å². The molecule has 0 spiro atoms. The molecule has 106 valence electrons. The maximum absolute atomic E-state index is 12.0. The number of benzene rings is 1. The second-order valence-electron chi connectivity index (χ2n) is 4.44. The second kappa shape index (κ2) is 8.23. The van der Waals surface area contributed by atoms with Crippen molar-refractivity contribution in [2.24, 2.45) is 0 Å². The van der Waals surface area contributed by atoms with Crippen molar-refractivity contribution in [3.8, 4) is 6.07 Å². The second-order valence-corrected chi connectivity index (χ2v) is 4.82. The van der Waals surface area contributed by atoms with Gasteiger partial charge in [0.25, 0.3) is 5.91 Å². The Bertz CT molecular complexity index is 547. The van der Waals surface area contributed by atoms with Gasteiger partial charge in [-0.25, -0.2) is 0 Å². The zero-order valence-electron chi connectivity index (χ0n) is 11.7. The normalized spacial score (nSPS) is 10.8. The smallest absolute Gasteiger partial charge is 0.267 e. The molecule has 2 N–H and O–H groups in total. The van der Waals surface area contributed by atoms with Gasteiger partial charge in [0.1, 0.15) is 11.6 Å². The molecule has 0 unspecified atom stereocenters. The van der Waals surface area contributed by atoms with E-state index in [0.29, 0.717) is 18.1 Å². The van der Waals surface area contributed by atoms with Crippen LogP contribution in [0, 0.1) is 25.2 Å². The first kappa shape index (κ1) is 16.1. The number of aryl methyl sites for hydroxylation is 2. The topological polar surface area (TPSA) is 64.9 Å². The molecule has 0 bridgehead atoms. The van der Waals surface area contributed by atoms with E-state index in [-0.39, 0.29) is 5.57 Å². The van der Waals surface area contributed by atoms with E-state index in [1.807, 2.05) is 38.1 Å². The summed E-state index contributed by atoms with van der Waals surface area (Å²) in [6.07, 6.45) is 2.20. The van der Waals surface area contributed by atoms with Crippen LogP contribution >= 0.6 is 11.6 Å². The molecule has 0 aliphatic heterocycles. The molecule has 1 aromatic rings. The summed E-state index contributed by atoms with van der Waals surface area (Å²) in [6, 6.07) is 7.61. The molecular formula is C15H18ClN3O. The number of halogens is 1. The van der Waals surface area contributed by atoms with Gasteiger partial charge >= 0.3 is 0 Å². The van der Waals surface area contributed by atoms with Crippen LogP contribution in [0.2, 0.25) is 0 Å². The molecule has 1 rings (SSSR count). The van der Waals surface area contributed by atoms with Gasteiger partial charge in [-0.15, -0.1) is 11.6 Å². The molecule has 0 aromatic heterocycles. The van der Waals surface area contributed by atoms with Crippen molar-refractivity contribution in [3.63, 3.8) is 0 Å². The molecule has 0 aliphatic rings. The van der Waals surface area contributed by atoms with Crippen molar-refractivity contribution in [2.75, 3.05) is 17.7 Å². The summed E-state index contributed by atoms with van der Waals surface area (Å²) in [5.41, 5.74) is 2.84. The number of amides is 1. The van der Waals surface area contributed by atoms with Crippen LogP contribution in [-0.2, 0) is 4.79 Å². The van der Waals surface area contributed by atoms with Crippen LogP contribution in [-0.4, -0.2) is 18.3 Å². The number of hydrogen-bond donors (Lipinski definition) is 2. The van der Waals surface area contributed by atoms with Gasteiger partial charge in [0.05, 0.1) is 0 Å². The minimum atomic E-state index is -0.419. The zero-order chi connectivity index (χ0) is 15.0. The van der Waals surface area contributed by atoms with E-state index in [1.54, 1.807) is 0 Å². The summed E-state index contributed by atoms with van der Waals surface area (Å²) in [5.74, 6) is 0.120. The highest BCUT2D eigenvalue weighted by Crippen LogP contribution is 2.16. The number of hydrogen-bond acceptors (Lipinski definition) is 3. The van der Waals surface area contributed by atoms with E-state index in [2.05, 4.69) is 10.6 Å². The molecule has 0 heterocycles. The molecule has 4 nitrogen and oxygen atoms in total. The number of nitriles is 1. The lowest BCUT2D eigenvalue weighted by Crippen LogP contribution is -2.17. The van der Waals surface area contributed by atoms with Crippen LogP contribution in [0.1, 0.15) is 17.5 Å². The van der Waals surface area contributed by atoms with Crippen LogP contribution in [0.3, 0.4) is 0 Å². The van der Waals surface area contributed by atoms with Crippen molar-refractivity contribution in [1.82, 2.24) is 5.32 Å². The quantitative estimate of drug-likeness (QED) is 0.367. The molecule has 1 aromatic carbocycles. The lowest BCUT2D eigenvalue weighted by molar-refractivity contribution is -0.112. The van der Waals surface area contributed by atoms with Gasteiger partial charge in [0, 0.05) is 24.3 Å². The van der Waals surface area contributed by atoms with Crippen LogP contribution < -0.4 is 10.6 Å². The largest absolute Gasteiger partial charge is 0.390 e. The van der Waals surface area contributed by atoms with E-state index in [4.69, 9.17) is 16.9 Å². The third-order valence-electron chi connectivity index (χ3n) is 2.70. The van der Waals surface area contributed by atoms with E-state index >= 15 is 0 Å². The number of anilines is 1. The fourth-order valence-electron chi connectivity index (χ4n) is 1.64. The third-order valence-corrected chi connectivity index (χ3v) is 2.96. The SMILES string of the molecule is Cc1ccc(NC(=O)/C(C#N)=C\NCCCCl)c(C)c1. The zero-order valence-corrected chi connectivity index (χ0v) is 12.4. The van der Waals surface area contributed by atoms with E-state index in [1.165, 1.54) is 6.20 Å². The maximum Gasteiger partial charge on any atom is 0.267 e. The highest BCUT2D eigenvalue weighted by molar-refractivity contribution is 6.17. The highest BCUT2D eigenvalue weighted by atomic mass is 35.5. The molecule has 0 aliphatic carbocycles. The van der Waals surface area contributed by atoms with Crippen molar-refractivity contribution in [1.29, 1.82) is 5.26 Å². The summed E-state index contributed by atoms with van der Waals surface area (Å²) >= 11 is 5.55. The Labute approximate surface area is 124 Å². The number of nitrogens with zero attached hydrogens (tertiary/aromatic N) is 1. The maximum atomic E-state index is 12.0. The molecule has 1 amide bonds. The molecule has 0 atom stereocenters. The Morgan fingerprint density at radius 1 is 1.45 bits per heavy atom. The minimum absolute atomic E-state index is 0.0412. The molecule has 0 saturated heterocycles. The van der Waals surface area contributed by atoms with Gasteiger partial charge in [-0.2, -0.15) is 5.26 Å². The van der Waals surface area contributed by atoms with E-state index in [9.17, 15) is 4.79 Å². The predicted octanol–water partition coefficient (Wildman–Crippen LogP) is 2.87. The van der Waals surface area contributed by atoms with Crippen molar-refractivity contribution in [3.05, 3.63) is 41.1 Å². The summed E-state index contributed by atoms with van der Waals surface area (Å²) in [5, 5.41) is 14.6. The Balaban J connectivity index is 2.70. The Morgan fingerprint density at radius 3 is 2.80 bits per heavy atom. The summed E-state index contributed by atoms with van der Waals surface area (Å²) in [6.45, 7) is 4.53. The van der Waals surface area contributed by atoms with Crippen LogP contribution in [0.4, 0.5) is 5.69 Å². The summed E-state index contributed by atoms with van der Waals surface area (Å²) in [4.78, 5) is 12.0. The van der Waals surface area contributed by atoms with Crippen LogP contribution in [0.15, 0.2) is 30.0 Å². The molecule has 0 radical (unpaired) electrons. The molecular weight excluding hydrogens is 274 g/mol. The van der Waals surface area contributed by atoms with Gasteiger partial charge in [-0.05, 0) is 31.9 Å². The number of nitrogens with one attached hydrogen (secondary N) is 2. The van der Waals surface area contributed by atoms with Crippen molar-refractivity contribution < 1.29 is 4.79 Å². The predicted molar refractivity (Wildman–Crippen MR) is 81.6 cm³/mol. The number of carbonyl (C=O) groups is 1. The molecule has 20 heavy (non-hydrogen) atoms.